The number of aliphatic hydroxyl groups excluding tert-OH is 1. The van der Waals surface area contributed by atoms with E-state index in [0.29, 0.717) is 12.8 Å². The fraction of sp³-hybridized carbons (Fsp3) is 0.467. The first-order chi connectivity index (χ1) is 9.62. The molecule has 2 atom stereocenters. The Kier molecular flexibility index (Phi) is 3.31. The van der Waals surface area contributed by atoms with Gasteiger partial charge in [-0.05, 0) is 24.8 Å². The zero-order valence-electron chi connectivity index (χ0n) is 11.1. The lowest BCUT2D eigenvalue weighted by molar-refractivity contribution is -0.135. The molecule has 1 heterocycles. The molecule has 0 aromatic heterocycles. The predicted octanol–water partition coefficient (Wildman–Crippen LogP) is 0.431. The minimum atomic E-state index is -0.770. The van der Waals surface area contributed by atoms with Crippen LogP contribution in [-0.4, -0.2) is 29.2 Å². The normalized spacial score (nSPS) is 25.9. The van der Waals surface area contributed by atoms with Gasteiger partial charge in [0.1, 0.15) is 6.23 Å². The van der Waals surface area contributed by atoms with Crippen LogP contribution in [0, 0.1) is 0 Å². The molecule has 1 saturated carbocycles. The van der Waals surface area contributed by atoms with Crippen molar-refractivity contribution in [3.63, 3.8) is 0 Å². The van der Waals surface area contributed by atoms with Gasteiger partial charge in [-0.1, -0.05) is 30.3 Å². The Bertz CT molecular complexity index is 525. The summed E-state index contributed by atoms with van der Waals surface area (Å²) in [5.74, 6) is -0.587. The molecule has 106 valence electrons. The molecule has 1 aromatic carbocycles. The predicted molar refractivity (Wildman–Crippen MR) is 72.7 cm³/mol. The van der Waals surface area contributed by atoms with Gasteiger partial charge in [-0.25, -0.2) is 0 Å². The van der Waals surface area contributed by atoms with Gasteiger partial charge in [-0.2, -0.15) is 0 Å². The van der Waals surface area contributed by atoms with Crippen LogP contribution in [0.1, 0.15) is 31.2 Å². The molecule has 0 spiro atoms. The molecular weight excluding hydrogens is 256 g/mol. The number of nitrogens with one attached hydrogen (secondary N) is 2. The summed E-state index contributed by atoms with van der Waals surface area (Å²) < 4.78 is 0. The highest BCUT2D eigenvalue weighted by molar-refractivity contribution is 6.00. The van der Waals surface area contributed by atoms with Crippen LogP contribution in [-0.2, 0) is 15.0 Å². The minimum Gasteiger partial charge on any atom is -0.378 e. The minimum absolute atomic E-state index is 0.244. The molecule has 2 aliphatic rings. The lowest BCUT2D eigenvalue weighted by atomic mass is 9.93. The van der Waals surface area contributed by atoms with E-state index in [2.05, 4.69) is 10.6 Å². The Balaban J connectivity index is 1.69. The van der Waals surface area contributed by atoms with Gasteiger partial charge in [-0.15, -0.1) is 0 Å². The van der Waals surface area contributed by atoms with Crippen LogP contribution in [0.5, 0.6) is 0 Å². The summed E-state index contributed by atoms with van der Waals surface area (Å²) in [6.07, 6.45) is 1.78. The number of rotatable bonds is 4. The third-order valence-corrected chi connectivity index (χ3v) is 4.26. The summed E-state index contributed by atoms with van der Waals surface area (Å²) in [4.78, 5) is 22.8. The Morgan fingerprint density at radius 3 is 2.55 bits per heavy atom. The van der Waals surface area contributed by atoms with E-state index in [0.717, 1.165) is 18.4 Å². The molecule has 3 N–H and O–H groups in total. The Morgan fingerprint density at radius 2 is 1.95 bits per heavy atom. The van der Waals surface area contributed by atoms with Gasteiger partial charge < -0.3 is 5.11 Å². The van der Waals surface area contributed by atoms with Gasteiger partial charge in [0, 0.05) is 11.8 Å². The van der Waals surface area contributed by atoms with Crippen molar-refractivity contribution >= 4 is 11.8 Å². The summed E-state index contributed by atoms with van der Waals surface area (Å²) in [6.45, 7) is 0. The van der Waals surface area contributed by atoms with E-state index < -0.39 is 12.3 Å². The molecule has 0 bridgehead atoms. The molecule has 1 aliphatic heterocycles. The van der Waals surface area contributed by atoms with E-state index in [9.17, 15) is 14.7 Å². The summed E-state index contributed by atoms with van der Waals surface area (Å²) in [5, 5.41) is 15.7. The van der Waals surface area contributed by atoms with Crippen molar-refractivity contribution in [2.75, 3.05) is 0 Å². The Labute approximate surface area is 117 Å². The van der Waals surface area contributed by atoms with E-state index in [1.807, 2.05) is 30.3 Å². The first-order valence-corrected chi connectivity index (χ1v) is 6.95. The summed E-state index contributed by atoms with van der Waals surface area (Å²) in [5.41, 5.74) is 0.801. The maximum atomic E-state index is 11.7. The van der Waals surface area contributed by atoms with Crippen molar-refractivity contribution in [2.45, 2.75) is 43.4 Å². The molecule has 5 heteroatoms. The summed E-state index contributed by atoms with van der Waals surface area (Å²) in [7, 11) is 0. The third-order valence-electron chi connectivity index (χ3n) is 4.26. The Morgan fingerprint density at radius 1 is 1.25 bits per heavy atom. The van der Waals surface area contributed by atoms with E-state index in [1.54, 1.807) is 0 Å². The number of hydrogen-bond donors (Lipinski definition) is 3. The van der Waals surface area contributed by atoms with Crippen molar-refractivity contribution in [3.05, 3.63) is 35.9 Å². The largest absolute Gasteiger partial charge is 0.378 e. The highest BCUT2D eigenvalue weighted by Gasteiger charge is 2.51. The molecule has 1 aliphatic carbocycles. The number of amides is 2. The summed E-state index contributed by atoms with van der Waals surface area (Å²) in [6, 6.07) is 9.36. The van der Waals surface area contributed by atoms with Crippen LogP contribution in [0.4, 0.5) is 0 Å². The number of imide groups is 1. The average Bonchev–Trinajstić information content (AvgIpc) is 3.24. The number of aliphatic hydroxyl groups is 1. The average molecular weight is 274 g/mol. The van der Waals surface area contributed by atoms with Crippen LogP contribution in [0.3, 0.4) is 0 Å². The van der Waals surface area contributed by atoms with Crippen LogP contribution < -0.4 is 10.6 Å². The zero-order chi connectivity index (χ0) is 14.2. The van der Waals surface area contributed by atoms with E-state index in [4.69, 9.17) is 0 Å². The highest BCUT2D eigenvalue weighted by atomic mass is 16.3. The zero-order valence-corrected chi connectivity index (χ0v) is 11.1. The van der Waals surface area contributed by atoms with Gasteiger partial charge in [0.15, 0.2) is 0 Å². The van der Waals surface area contributed by atoms with E-state index in [1.165, 1.54) is 0 Å². The molecule has 20 heavy (non-hydrogen) atoms. The molecule has 2 fully saturated rings. The Hall–Kier alpha value is -1.72. The van der Waals surface area contributed by atoms with Gasteiger partial charge in [-0.3, -0.25) is 20.2 Å². The van der Waals surface area contributed by atoms with E-state index >= 15 is 0 Å². The van der Waals surface area contributed by atoms with Crippen molar-refractivity contribution in [3.8, 4) is 0 Å². The van der Waals surface area contributed by atoms with Crippen molar-refractivity contribution < 1.29 is 14.7 Å². The van der Waals surface area contributed by atoms with Gasteiger partial charge in [0.05, 0.1) is 6.04 Å². The number of carbonyl (C=O) groups is 2. The lowest BCUT2D eigenvalue weighted by Crippen LogP contribution is -2.55. The monoisotopic (exact) mass is 274 g/mol. The van der Waals surface area contributed by atoms with Gasteiger partial charge in [0.25, 0.3) is 0 Å². The molecule has 5 nitrogen and oxygen atoms in total. The molecule has 2 amide bonds. The fourth-order valence-corrected chi connectivity index (χ4v) is 2.83. The van der Waals surface area contributed by atoms with Crippen molar-refractivity contribution in [2.24, 2.45) is 0 Å². The van der Waals surface area contributed by atoms with Crippen LogP contribution in [0.15, 0.2) is 30.3 Å². The number of carbonyl (C=O) groups excluding carboxylic acids is 2. The second kappa shape index (κ2) is 5.00. The van der Waals surface area contributed by atoms with Crippen molar-refractivity contribution in [1.29, 1.82) is 0 Å². The first kappa shape index (κ1) is 13.3. The number of benzene rings is 1. The SMILES string of the molecule is O=C1CCC(NC(O)C2(c3ccccc3)CC2)C(=O)N1. The van der Waals surface area contributed by atoms with Crippen LogP contribution >= 0.6 is 0 Å². The van der Waals surface area contributed by atoms with Crippen LogP contribution in [0.25, 0.3) is 0 Å². The quantitative estimate of drug-likeness (QED) is 0.549. The second-order valence-corrected chi connectivity index (χ2v) is 5.60. The third kappa shape index (κ3) is 2.34. The molecule has 1 saturated heterocycles. The number of hydrogen-bond acceptors (Lipinski definition) is 4. The molecule has 0 radical (unpaired) electrons. The number of piperidine rings is 1. The molecule has 1 aromatic rings. The van der Waals surface area contributed by atoms with Gasteiger partial charge in [0.2, 0.25) is 11.8 Å². The standard InChI is InChI=1S/C15H18N2O3/c18-12-7-6-11(13(19)17-12)16-14(20)15(8-9-15)10-4-2-1-3-5-10/h1-5,11,14,16,20H,6-9H2,(H,17,18,19). The lowest BCUT2D eigenvalue weighted by Gasteiger charge is -2.29. The summed E-state index contributed by atoms with van der Waals surface area (Å²) >= 11 is 0. The highest BCUT2D eigenvalue weighted by Crippen LogP contribution is 2.50. The molecular formula is C15H18N2O3. The molecule has 2 unspecified atom stereocenters. The van der Waals surface area contributed by atoms with Crippen LogP contribution in [0.2, 0.25) is 0 Å². The first-order valence-electron chi connectivity index (χ1n) is 6.95. The van der Waals surface area contributed by atoms with Crippen molar-refractivity contribution in [1.82, 2.24) is 10.6 Å². The van der Waals surface area contributed by atoms with E-state index in [-0.39, 0.29) is 17.2 Å². The second-order valence-electron chi connectivity index (χ2n) is 5.60. The smallest absolute Gasteiger partial charge is 0.243 e. The maximum absolute atomic E-state index is 11.7. The molecule has 3 rings (SSSR count). The maximum Gasteiger partial charge on any atom is 0.243 e. The van der Waals surface area contributed by atoms with Gasteiger partial charge >= 0.3 is 0 Å². The fourth-order valence-electron chi connectivity index (χ4n) is 2.83. The topological polar surface area (TPSA) is 78.4 Å².